The molecule has 2 N–H and O–H groups in total. The quantitative estimate of drug-likeness (QED) is 0.794. The van der Waals surface area contributed by atoms with Gasteiger partial charge >= 0.3 is 5.97 Å². The number of carboxylic acids is 1. The van der Waals surface area contributed by atoms with Crippen LogP contribution < -0.4 is 0 Å². The van der Waals surface area contributed by atoms with Crippen LogP contribution in [0.2, 0.25) is 0 Å². The first-order valence-corrected chi connectivity index (χ1v) is 5.31. The molecule has 4 nitrogen and oxygen atoms in total. The highest BCUT2D eigenvalue weighted by atomic mass is 16.4. The Morgan fingerprint density at radius 2 is 2.25 bits per heavy atom. The maximum atomic E-state index is 11.1. The Kier molecular flexibility index (Phi) is 2.83. The van der Waals surface area contributed by atoms with E-state index in [-0.39, 0.29) is 17.7 Å². The number of carboxylic acid groups (broad SMARTS) is 1. The van der Waals surface area contributed by atoms with Gasteiger partial charge in [0.15, 0.2) is 0 Å². The van der Waals surface area contributed by atoms with Crippen molar-refractivity contribution in [3.8, 4) is 5.75 Å². The van der Waals surface area contributed by atoms with Gasteiger partial charge < -0.3 is 10.2 Å². The SMILES string of the molecule is CN1CCC(C(=O)O)C1c1cccc(O)c1. The largest absolute Gasteiger partial charge is 0.508 e. The summed E-state index contributed by atoms with van der Waals surface area (Å²) in [6, 6.07) is 6.71. The van der Waals surface area contributed by atoms with Gasteiger partial charge in [-0.25, -0.2) is 0 Å². The number of rotatable bonds is 2. The molecule has 1 aliphatic rings. The average molecular weight is 221 g/mol. The molecule has 1 heterocycles. The second-order valence-corrected chi connectivity index (χ2v) is 4.25. The first-order valence-electron chi connectivity index (χ1n) is 5.31. The zero-order valence-corrected chi connectivity index (χ0v) is 9.13. The molecule has 1 fully saturated rings. The molecule has 0 radical (unpaired) electrons. The Morgan fingerprint density at radius 1 is 1.50 bits per heavy atom. The topological polar surface area (TPSA) is 60.8 Å². The summed E-state index contributed by atoms with van der Waals surface area (Å²) in [6.45, 7) is 0.775. The number of hydrogen-bond donors (Lipinski definition) is 2. The summed E-state index contributed by atoms with van der Waals surface area (Å²) >= 11 is 0. The van der Waals surface area contributed by atoms with Crippen molar-refractivity contribution >= 4 is 5.97 Å². The van der Waals surface area contributed by atoms with E-state index in [0.29, 0.717) is 6.42 Å². The van der Waals surface area contributed by atoms with E-state index in [0.717, 1.165) is 12.1 Å². The Labute approximate surface area is 94.1 Å². The third kappa shape index (κ3) is 1.88. The second-order valence-electron chi connectivity index (χ2n) is 4.25. The minimum atomic E-state index is -0.766. The van der Waals surface area contributed by atoms with Gasteiger partial charge in [0, 0.05) is 6.04 Å². The smallest absolute Gasteiger partial charge is 0.308 e. The number of aromatic hydroxyl groups is 1. The van der Waals surface area contributed by atoms with Gasteiger partial charge in [0.2, 0.25) is 0 Å². The molecule has 0 saturated carbocycles. The number of hydrogen-bond acceptors (Lipinski definition) is 3. The lowest BCUT2D eigenvalue weighted by Crippen LogP contribution is -2.25. The molecule has 1 aromatic carbocycles. The van der Waals surface area contributed by atoms with Crippen molar-refractivity contribution < 1.29 is 15.0 Å². The number of nitrogens with zero attached hydrogens (tertiary/aromatic N) is 1. The molecular weight excluding hydrogens is 206 g/mol. The Hall–Kier alpha value is -1.55. The molecule has 1 aliphatic heterocycles. The zero-order valence-electron chi connectivity index (χ0n) is 9.13. The molecule has 4 heteroatoms. The lowest BCUT2D eigenvalue weighted by atomic mass is 9.94. The van der Waals surface area contributed by atoms with Crippen LogP contribution >= 0.6 is 0 Å². The molecular formula is C12H15NO3. The maximum absolute atomic E-state index is 11.1. The number of carbonyl (C=O) groups is 1. The van der Waals surface area contributed by atoms with Gasteiger partial charge in [0.05, 0.1) is 5.92 Å². The fraction of sp³-hybridized carbons (Fsp3) is 0.417. The summed E-state index contributed by atoms with van der Waals surface area (Å²) in [4.78, 5) is 13.1. The molecule has 0 aromatic heterocycles. The highest BCUT2D eigenvalue weighted by Gasteiger charge is 2.37. The summed E-state index contributed by atoms with van der Waals surface area (Å²) in [5.41, 5.74) is 0.868. The Bertz CT molecular complexity index is 405. The van der Waals surface area contributed by atoms with Gasteiger partial charge in [-0.15, -0.1) is 0 Å². The molecule has 16 heavy (non-hydrogen) atoms. The number of phenols is 1. The average Bonchev–Trinajstić information content (AvgIpc) is 2.60. The van der Waals surface area contributed by atoms with Crippen molar-refractivity contribution in [3.05, 3.63) is 29.8 Å². The van der Waals surface area contributed by atoms with Crippen LogP contribution in [-0.2, 0) is 4.79 Å². The van der Waals surface area contributed by atoms with Gasteiger partial charge in [-0.3, -0.25) is 9.69 Å². The van der Waals surface area contributed by atoms with E-state index < -0.39 is 5.97 Å². The monoisotopic (exact) mass is 221 g/mol. The van der Waals surface area contributed by atoms with Crippen LogP contribution in [0, 0.1) is 5.92 Å². The molecule has 0 spiro atoms. The van der Waals surface area contributed by atoms with Crippen molar-refractivity contribution in [3.63, 3.8) is 0 Å². The standard InChI is InChI=1S/C12H15NO3/c1-13-6-5-10(12(15)16)11(13)8-3-2-4-9(14)7-8/h2-4,7,10-11,14H,5-6H2,1H3,(H,15,16). The van der Waals surface area contributed by atoms with E-state index in [4.69, 9.17) is 5.11 Å². The number of phenolic OH excluding ortho intramolecular Hbond substituents is 1. The van der Waals surface area contributed by atoms with Crippen molar-refractivity contribution in [1.82, 2.24) is 4.90 Å². The minimum Gasteiger partial charge on any atom is -0.508 e. The molecule has 2 unspecified atom stereocenters. The van der Waals surface area contributed by atoms with Crippen molar-refractivity contribution in [2.24, 2.45) is 5.92 Å². The Balaban J connectivity index is 2.33. The molecule has 1 aromatic rings. The summed E-state index contributed by atoms with van der Waals surface area (Å²) in [5, 5.41) is 18.6. The van der Waals surface area contributed by atoms with Gasteiger partial charge in [-0.2, -0.15) is 0 Å². The second kappa shape index (κ2) is 4.14. The fourth-order valence-corrected chi connectivity index (χ4v) is 2.40. The normalized spacial score (nSPS) is 25.8. The van der Waals surface area contributed by atoms with Crippen molar-refractivity contribution in [1.29, 1.82) is 0 Å². The maximum Gasteiger partial charge on any atom is 0.308 e. The van der Waals surface area contributed by atoms with E-state index >= 15 is 0 Å². The number of likely N-dealkylation sites (tertiary alicyclic amines) is 1. The zero-order chi connectivity index (χ0) is 11.7. The van der Waals surface area contributed by atoms with Crippen LogP contribution in [0.5, 0.6) is 5.75 Å². The summed E-state index contributed by atoms with van der Waals surface area (Å²) in [5.74, 6) is -0.966. The summed E-state index contributed by atoms with van der Waals surface area (Å²) < 4.78 is 0. The number of benzene rings is 1. The Morgan fingerprint density at radius 3 is 2.88 bits per heavy atom. The third-order valence-electron chi connectivity index (χ3n) is 3.18. The highest BCUT2D eigenvalue weighted by molar-refractivity contribution is 5.71. The highest BCUT2D eigenvalue weighted by Crippen LogP contribution is 2.37. The first-order chi connectivity index (χ1) is 7.59. The van der Waals surface area contributed by atoms with Crippen LogP contribution in [0.4, 0.5) is 0 Å². The van der Waals surface area contributed by atoms with Gasteiger partial charge in [-0.05, 0) is 37.7 Å². The molecule has 2 rings (SSSR count). The van der Waals surface area contributed by atoms with E-state index in [1.54, 1.807) is 18.2 Å². The van der Waals surface area contributed by atoms with E-state index in [9.17, 15) is 9.90 Å². The molecule has 0 aliphatic carbocycles. The van der Waals surface area contributed by atoms with Crippen LogP contribution in [0.1, 0.15) is 18.0 Å². The minimum absolute atomic E-state index is 0.135. The van der Waals surface area contributed by atoms with Crippen LogP contribution in [0.3, 0.4) is 0 Å². The third-order valence-corrected chi connectivity index (χ3v) is 3.18. The van der Waals surface area contributed by atoms with Gasteiger partial charge in [-0.1, -0.05) is 12.1 Å². The van der Waals surface area contributed by atoms with Crippen molar-refractivity contribution in [2.75, 3.05) is 13.6 Å². The van der Waals surface area contributed by atoms with Crippen LogP contribution in [0.25, 0.3) is 0 Å². The van der Waals surface area contributed by atoms with Crippen LogP contribution in [-0.4, -0.2) is 34.7 Å². The van der Waals surface area contributed by atoms with Crippen molar-refractivity contribution in [2.45, 2.75) is 12.5 Å². The molecule has 86 valence electrons. The fourth-order valence-electron chi connectivity index (χ4n) is 2.40. The van der Waals surface area contributed by atoms with Gasteiger partial charge in [0.1, 0.15) is 5.75 Å². The first kappa shape index (κ1) is 11.0. The van der Waals surface area contributed by atoms with Crippen LogP contribution in [0.15, 0.2) is 24.3 Å². The predicted molar refractivity (Wildman–Crippen MR) is 59.2 cm³/mol. The summed E-state index contributed by atoms with van der Waals surface area (Å²) in [7, 11) is 1.91. The van der Waals surface area contributed by atoms with E-state index in [1.165, 1.54) is 0 Å². The van der Waals surface area contributed by atoms with E-state index in [1.807, 2.05) is 18.0 Å². The molecule has 2 atom stereocenters. The van der Waals surface area contributed by atoms with E-state index in [2.05, 4.69) is 0 Å². The molecule has 0 bridgehead atoms. The number of aliphatic carboxylic acids is 1. The summed E-state index contributed by atoms with van der Waals surface area (Å²) in [6.07, 6.45) is 0.659. The predicted octanol–water partition coefficient (Wildman–Crippen LogP) is 1.47. The molecule has 0 amide bonds. The lowest BCUT2D eigenvalue weighted by Gasteiger charge is -2.23. The lowest BCUT2D eigenvalue weighted by molar-refractivity contribution is -0.142. The molecule has 1 saturated heterocycles. The van der Waals surface area contributed by atoms with Gasteiger partial charge in [0.25, 0.3) is 0 Å².